The van der Waals surface area contributed by atoms with E-state index < -0.39 is 0 Å². The van der Waals surface area contributed by atoms with Gasteiger partial charge >= 0.3 is 0 Å². The summed E-state index contributed by atoms with van der Waals surface area (Å²) in [5.74, 6) is 0.0371. The smallest absolute Gasteiger partial charge is 0.227 e. The van der Waals surface area contributed by atoms with Gasteiger partial charge in [-0.05, 0) is 18.5 Å². The van der Waals surface area contributed by atoms with Gasteiger partial charge in [-0.2, -0.15) is 0 Å². The van der Waals surface area contributed by atoms with Crippen LogP contribution in [0.2, 0.25) is 0 Å². The van der Waals surface area contributed by atoms with Gasteiger partial charge in [-0.25, -0.2) is 0 Å². The van der Waals surface area contributed by atoms with Crippen LogP contribution in [0.3, 0.4) is 0 Å². The lowest BCUT2D eigenvalue weighted by molar-refractivity contribution is -0.125. The molecule has 2 rings (SSSR count). The summed E-state index contributed by atoms with van der Waals surface area (Å²) < 4.78 is 5.38. The van der Waals surface area contributed by atoms with E-state index in [4.69, 9.17) is 4.74 Å². The number of hydrogen-bond donors (Lipinski definition) is 2. The van der Waals surface area contributed by atoms with Crippen molar-refractivity contribution >= 4 is 5.91 Å². The van der Waals surface area contributed by atoms with Gasteiger partial charge in [0.25, 0.3) is 0 Å². The molecule has 1 fully saturated rings. The number of ether oxygens (including phenoxy) is 1. The van der Waals surface area contributed by atoms with Crippen LogP contribution >= 0.6 is 0 Å². The zero-order valence-electron chi connectivity index (χ0n) is 11.4. The van der Waals surface area contributed by atoms with Crippen molar-refractivity contribution in [1.29, 1.82) is 0 Å². The largest absolute Gasteiger partial charge is 0.379 e. The van der Waals surface area contributed by atoms with Gasteiger partial charge in [0.1, 0.15) is 0 Å². The van der Waals surface area contributed by atoms with Crippen LogP contribution < -0.4 is 10.6 Å². The molecule has 1 aromatic rings. The molecule has 1 heterocycles. The Morgan fingerprint density at radius 2 is 2.11 bits per heavy atom. The predicted molar refractivity (Wildman–Crippen MR) is 74.9 cm³/mol. The molecule has 2 N–H and O–H groups in total. The third-order valence-electron chi connectivity index (χ3n) is 3.44. The second kappa shape index (κ2) is 7.26. The third-order valence-corrected chi connectivity index (χ3v) is 3.44. The molecule has 104 valence electrons. The number of benzene rings is 1. The molecule has 1 saturated heterocycles. The highest BCUT2D eigenvalue weighted by atomic mass is 16.5. The molecule has 4 heteroatoms. The molecule has 0 bridgehead atoms. The molecule has 0 aromatic heterocycles. The Labute approximate surface area is 114 Å². The Balaban J connectivity index is 1.75. The number of likely N-dealkylation sites (N-methyl/N-ethyl adjacent to an activating group) is 1. The normalized spacial score (nSPS) is 22.4. The highest BCUT2D eigenvalue weighted by molar-refractivity contribution is 5.79. The third kappa shape index (κ3) is 4.04. The first-order chi connectivity index (χ1) is 9.31. The second-order valence-electron chi connectivity index (χ2n) is 4.83. The van der Waals surface area contributed by atoms with E-state index in [0.717, 1.165) is 13.0 Å². The number of hydrogen-bond acceptors (Lipinski definition) is 3. The fourth-order valence-corrected chi connectivity index (χ4v) is 2.38. The Morgan fingerprint density at radius 3 is 2.84 bits per heavy atom. The van der Waals surface area contributed by atoms with E-state index in [1.807, 2.05) is 25.1 Å². The molecule has 1 aliphatic heterocycles. The maximum absolute atomic E-state index is 12.1. The highest BCUT2D eigenvalue weighted by Crippen LogP contribution is 2.13. The lowest BCUT2D eigenvalue weighted by Gasteiger charge is -2.17. The average molecular weight is 262 g/mol. The highest BCUT2D eigenvalue weighted by Gasteiger charge is 2.32. The summed E-state index contributed by atoms with van der Waals surface area (Å²) in [4.78, 5) is 12.1. The summed E-state index contributed by atoms with van der Waals surface area (Å²) in [5.41, 5.74) is 1.24. The van der Waals surface area contributed by atoms with Gasteiger partial charge in [0.05, 0.1) is 19.1 Å². The van der Waals surface area contributed by atoms with E-state index in [0.29, 0.717) is 19.8 Å². The van der Waals surface area contributed by atoms with Gasteiger partial charge in [0.15, 0.2) is 0 Å². The second-order valence-corrected chi connectivity index (χ2v) is 4.83. The van der Waals surface area contributed by atoms with Crippen LogP contribution in [-0.4, -0.2) is 38.3 Å². The summed E-state index contributed by atoms with van der Waals surface area (Å²) in [6, 6.07) is 10.3. The fourth-order valence-electron chi connectivity index (χ4n) is 2.38. The van der Waals surface area contributed by atoms with Gasteiger partial charge < -0.3 is 15.4 Å². The topological polar surface area (TPSA) is 50.4 Å². The van der Waals surface area contributed by atoms with Crippen molar-refractivity contribution < 1.29 is 9.53 Å². The fraction of sp³-hybridized carbons (Fsp3) is 0.533. The summed E-state index contributed by atoms with van der Waals surface area (Å²) in [6.07, 6.45) is 0.867. The molecule has 0 spiro atoms. The monoisotopic (exact) mass is 262 g/mol. The van der Waals surface area contributed by atoms with Crippen molar-refractivity contribution in [3.05, 3.63) is 35.9 Å². The van der Waals surface area contributed by atoms with Gasteiger partial charge in [0, 0.05) is 12.6 Å². The molecule has 2 unspecified atom stereocenters. The van der Waals surface area contributed by atoms with Gasteiger partial charge in [0.2, 0.25) is 5.91 Å². The van der Waals surface area contributed by atoms with E-state index in [2.05, 4.69) is 22.8 Å². The first-order valence-corrected chi connectivity index (χ1v) is 6.94. The Kier molecular flexibility index (Phi) is 5.36. The summed E-state index contributed by atoms with van der Waals surface area (Å²) >= 11 is 0. The molecular formula is C15H22N2O2. The number of carbonyl (C=O) groups excluding carboxylic acids is 1. The van der Waals surface area contributed by atoms with E-state index in [9.17, 15) is 4.79 Å². The number of nitrogens with one attached hydrogen (secondary N) is 2. The lowest BCUT2D eigenvalue weighted by Crippen LogP contribution is -2.44. The standard InChI is InChI=1S/C15H22N2O2/c1-2-16-14-11-19-10-13(14)15(18)17-9-8-12-6-4-3-5-7-12/h3-7,13-14,16H,2,8-11H2,1H3,(H,17,18). The quantitative estimate of drug-likeness (QED) is 0.803. The van der Waals surface area contributed by atoms with Crippen molar-refractivity contribution in [2.24, 2.45) is 5.92 Å². The van der Waals surface area contributed by atoms with Gasteiger partial charge in [-0.15, -0.1) is 0 Å². The first-order valence-electron chi connectivity index (χ1n) is 6.94. The van der Waals surface area contributed by atoms with Crippen molar-refractivity contribution in [2.45, 2.75) is 19.4 Å². The Bertz CT molecular complexity index is 394. The van der Waals surface area contributed by atoms with Crippen LogP contribution in [0.1, 0.15) is 12.5 Å². The Morgan fingerprint density at radius 1 is 1.32 bits per heavy atom. The van der Waals surface area contributed by atoms with Crippen LogP contribution in [0.25, 0.3) is 0 Å². The molecule has 2 atom stereocenters. The minimum absolute atomic E-state index is 0.0595. The minimum atomic E-state index is -0.0595. The van der Waals surface area contributed by atoms with E-state index in [-0.39, 0.29) is 17.9 Å². The molecule has 0 saturated carbocycles. The first kappa shape index (κ1) is 14.0. The van der Waals surface area contributed by atoms with Crippen LogP contribution in [0.15, 0.2) is 30.3 Å². The zero-order valence-corrected chi connectivity index (χ0v) is 11.4. The van der Waals surface area contributed by atoms with Gasteiger partial charge in [-0.1, -0.05) is 37.3 Å². The Hall–Kier alpha value is -1.39. The number of rotatable bonds is 6. The van der Waals surface area contributed by atoms with Crippen molar-refractivity contribution in [3.63, 3.8) is 0 Å². The molecule has 4 nitrogen and oxygen atoms in total. The van der Waals surface area contributed by atoms with E-state index in [1.54, 1.807) is 0 Å². The molecule has 1 aliphatic rings. The minimum Gasteiger partial charge on any atom is -0.379 e. The van der Waals surface area contributed by atoms with Crippen LogP contribution in [0, 0.1) is 5.92 Å². The average Bonchev–Trinajstić information content (AvgIpc) is 2.89. The molecule has 0 radical (unpaired) electrons. The molecule has 1 amide bonds. The zero-order chi connectivity index (χ0) is 13.5. The van der Waals surface area contributed by atoms with Gasteiger partial charge in [-0.3, -0.25) is 4.79 Å². The van der Waals surface area contributed by atoms with E-state index in [1.165, 1.54) is 5.56 Å². The molecule has 0 aliphatic carbocycles. The molecule has 19 heavy (non-hydrogen) atoms. The molecule has 1 aromatic carbocycles. The van der Waals surface area contributed by atoms with Crippen molar-refractivity contribution in [2.75, 3.05) is 26.3 Å². The molecular weight excluding hydrogens is 240 g/mol. The lowest BCUT2D eigenvalue weighted by atomic mass is 10.0. The maximum atomic E-state index is 12.1. The number of amides is 1. The van der Waals surface area contributed by atoms with Crippen LogP contribution in [0.4, 0.5) is 0 Å². The number of carbonyl (C=O) groups is 1. The van der Waals surface area contributed by atoms with Crippen LogP contribution in [-0.2, 0) is 16.0 Å². The van der Waals surface area contributed by atoms with E-state index >= 15 is 0 Å². The SMILES string of the molecule is CCNC1COCC1C(=O)NCCc1ccccc1. The van der Waals surface area contributed by atoms with Crippen LogP contribution in [0.5, 0.6) is 0 Å². The summed E-state index contributed by atoms with van der Waals surface area (Å²) in [7, 11) is 0. The predicted octanol–water partition coefficient (Wildman–Crippen LogP) is 0.970. The summed E-state index contributed by atoms with van der Waals surface area (Å²) in [5, 5.41) is 6.30. The van der Waals surface area contributed by atoms with Crippen molar-refractivity contribution in [1.82, 2.24) is 10.6 Å². The maximum Gasteiger partial charge on any atom is 0.227 e. The summed E-state index contributed by atoms with van der Waals surface area (Å²) in [6.45, 7) is 4.74. The van der Waals surface area contributed by atoms with Crippen molar-refractivity contribution in [3.8, 4) is 0 Å².